The van der Waals surface area contributed by atoms with Gasteiger partial charge in [-0.2, -0.15) is 0 Å². The summed E-state index contributed by atoms with van der Waals surface area (Å²) in [5, 5.41) is 6.29. The van der Waals surface area contributed by atoms with Crippen LogP contribution in [0.1, 0.15) is 13.3 Å². The number of hydrogen-bond acceptors (Lipinski definition) is 3. The third kappa shape index (κ3) is 2.45. The molecular weight excluding hydrogens is 178 g/mol. The summed E-state index contributed by atoms with van der Waals surface area (Å²) in [7, 11) is 3.78. The van der Waals surface area contributed by atoms with Crippen LogP contribution in [0.3, 0.4) is 0 Å². The van der Waals surface area contributed by atoms with Crippen LogP contribution in [0.25, 0.3) is 0 Å². The highest BCUT2D eigenvalue weighted by Gasteiger charge is 2.37. The molecule has 0 bridgehead atoms. The fraction of sp³-hybridized carbons (Fsp3) is 0.900. The van der Waals surface area contributed by atoms with Crippen molar-refractivity contribution < 1.29 is 4.79 Å². The summed E-state index contributed by atoms with van der Waals surface area (Å²) < 4.78 is 0. The van der Waals surface area contributed by atoms with E-state index in [2.05, 4.69) is 10.6 Å². The van der Waals surface area contributed by atoms with E-state index in [1.165, 1.54) is 0 Å². The molecular formula is C10H21N3O. The zero-order chi connectivity index (χ0) is 10.6. The first-order chi connectivity index (χ1) is 6.60. The van der Waals surface area contributed by atoms with Crippen molar-refractivity contribution in [1.29, 1.82) is 0 Å². The average Bonchev–Trinajstić information content (AvgIpc) is 2.61. The molecule has 1 aliphatic heterocycles. The maximum atomic E-state index is 12.0. The summed E-state index contributed by atoms with van der Waals surface area (Å²) in [4.78, 5) is 13.9. The Bertz CT molecular complexity index is 200. The standard InChI is InChI=1S/C10H21N3O/c1-10(4-5-12-8-10)9(14)13(3)7-6-11-2/h11-12H,4-8H2,1-3H3. The van der Waals surface area contributed by atoms with E-state index < -0.39 is 0 Å². The van der Waals surface area contributed by atoms with Gasteiger partial charge in [-0.1, -0.05) is 0 Å². The Balaban J connectivity index is 2.46. The lowest BCUT2D eigenvalue weighted by molar-refractivity contribution is -0.138. The second-order valence-corrected chi connectivity index (χ2v) is 4.32. The number of likely N-dealkylation sites (N-methyl/N-ethyl adjacent to an activating group) is 2. The van der Waals surface area contributed by atoms with Crippen molar-refractivity contribution in [3.05, 3.63) is 0 Å². The monoisotopic (exact) mass is 199 g/mol. The second-order valence-electron chi connectivity index (χ2n) is 4.32. The molecule has 1 aliphatic rings. The SMILES string of the molecule is CNCCN(C)C(=O)C1(C)CCNC1. The van der Waals surface area contributed by atoms with Crippen molar-refractivity contribution in [2.45, 2.75) is 13.3 Å². The van der Waals surface area contributed by atoms with Gasteiger partial charge in [-0.15, -0.1) is 0 Å². The highest BCUT2D eigenvalue weighted by molar-refractivity contribution is 5.82. The Morgan fingerprint density at radius 2 is 2.36 bits per heavy atom. The van der Waals surface area contributed by atoms with Crippen LogP contribution in [0.15, 0.2) is 0 Å². The first-order valence-electron chi connectivity index (χ1n) is 5.21. The molecule has 0 aromatic rings. The van der Waals surface area contributed by atoms with E-state index in [0.717, 1.165) is 32.6 Å². The van der Waals surface area contributed by atoms with E-state index in [0.29, 0.717) is 0 Å². The van der Waals surface area contributed by atoms with Crippen LogP contribution < -0.4 is 10.6 Å². The topological polar surface area (TPSA) is 44.4 Å². The number of nitrogens with one attached hydrogen (secondary N) is 2. The van der Waals surface area contributed by atoms with E-state index >= 15 is 0 Å². The summed E-state index contributed by atoms with van der Waals surface area (Å²) in [6, 6.07) is 0. The molecule has 0 radical (unpaired) electrons. The highest BCUT2D eigenvalue weighted by Crippen LogP contribution is 2.26. The second kappa shape index (κ2) is 4.75. The first kappa shape index (κ1) is 11.5. The van der Waals surface area contributed by atoms with Gasteiger partial charge in [-0.05, 0) is 26.9 Å². The first-order valence-corrected chi connectivity index (χ1v) is 5.21. The summed E-state index contributed by atoms with van der Waals surface area (Å²) in [5.74, 6) is 0.262. The van der Waals surface area contributed by atoms with Crippen molar-refractivity contribution in [1.82, 2.24) is 15.5 Å². The minimum Gasteiger partial charge on any atom is -0.344 e. The molecule has 4 heteroatoms. The zero-order valence-electron chi connectivity index (χ0n) is 9.39. The summed E-state index contributed by atoms with van der Waals surface area (Å²) in [6.07, 6.45) is 0.954. The fourth-order valence-electron chi connectivity index (χ4n) is 1.84. The molecule has 1 heterocycles. The van der Waals surface area contributed by atoms with Gasteiger partial charge in [-0.3, -0.25) is 4.79 Å². The van der Waals surface area contributed by atoms with Gasteiger partial charge in [0.2, 0.25) is 5.91 Å². The van der Waals surface area contributed by atoms with E-state index in [4.69, 9.17) is 0 Å². The molecule has 1 fully saturated rings. The van der Waals surface area contributed by atoms with Gasteiger partial charge in [0.15, 0.2) is 0 Å². The minimum atomic E-state index is -0.178. The Kier molecular flexibility index (Phi) is 3.89. The third-order valence-corrected chi connectivity index (χ3v) is 2.93. The van der Waals surface area contributed by atoms with Crippen LogP contribution in [0, 0.1) is 5.41 Å². The largest absolute Gasteiger partial charge is 0.344 e. The average molecular weight is 199 g/mol. The van der Waals surface area contributed by atoms with Crippen LogP contribution in [-0.2, 0) is 4.79 Å². The Morgan fingerprint density at radius 3 is 2.86 bits per heavy atom. The number of rotatable bonds is 4. The molecule has 1 atom stereocenters. The molecule has 14 heavy (non-hydrogen) atoms. The van der Waals surface area contributed by atoms with Crippen LogP contribution >= 0.6 is 0 Å². The van der Waals surface area contributed by atoms with Gasteiger partial charge in [0.1, 0.15) is 0 Å². The molecule has 1 amide bonds. The maximum Gasteiger partial charge on any atom is 0.229 e. The van der Waals surface area contributed by atoms with E-state index in [9.17, 15) is 4.79 Å². The van der Waals surface area contributed by atoms with Crippen LogP contribution in [0.4, 0.5) is 0 Å². The molecule has 0 aromatic carbocycles. The van der Waals surface area contributed by atoms with Crippen molar-refractivity contribution in [3.63, 3.8) is 0 Å². The smallest absolute Gasteiger partial charge is 0.229 e. The molecule has 4 nitrogen and oxygen atoms in total. The van der Waals surface area contributed by atoms with E-state index in [-0.39, 0.29) is 11.3 Å². The molecule has 1 saturated heterocycles. The van der Waals surface area contributed by atoms with Gasteiger partial charge >= 0.3 is 0 Å². The maximum absolute atomic E-state index is 12.0. The molecule has 0 aromatic heterocycles. The van der Waals surface area contributed by atoms with Gasteiger partial charge in [0, 0.05) is 26.7 Å². The molecule has 0 aliphatic carbocycles. The highest BCUT2D eigenvalue weighted by atomic mass is 16.2. The minimum absolute atomic E-state index is 0.178. The predicted octanol–water partition coefficient (Wildman–Crippen LogP) is -0.336. The lowest BCUT2D eigenvalue weighted by Crippen LogP contribution is -2.43. The molecule has 1 rings (SSSR count). The third-order valence-electron chi connectivity index (χ3n) is 2.93. The summed E-state index contributed by atoms with van der Waals surface area (Å²) >= 11 is 0. The van der Waals surface area contributed by atoms with Crippen LogP contribution in [0.5, 0.6) is 0 Å². The number of carbonyl (C=O) groups is 1. The normalized spacial score (nSPS) is 26.5. The number of carbonyl (C=O) groups excluding carboxylic acids is 1. The van der Waals surface area contributed by atoms with Crippen LogP contribution in [-0.4, -0.2) is 51.1 Å². The van der Waals surface area contributed by atoms with E-state index in [1.54, 1.807) is 0 Å². The number of amides is 1. The van der Waals surface area contributed by atoms with Gasteiger partial charge in [0.25, 0.3) is 0 Å². The van der Waals surface area contributed by atoms with Crippen molar-refractivity contribution >= 4 is 5.91 Å². The Labute approximate surface area is 86.0 Å². The molecule has 2 N–H and O–H groups in total. The van der Waals surface area contributed by atoms with Crippen LogP contribution in [0.2, 0.25) is 0 Å². The zero-order valence-corrected chi connectivity index (χ0v) is 9.39. The van der Waals surface area contributed by atoms with Crippen molar-refractivity contribution in [3.8, 4) is 0 Å². The summed E-state index contributed by atoms with van der Waals surface area (Å²) in [6.45, 7) is 5.46. The van der Waals surface area contributed by atoms with E-state index in [1.807, 2.05) is 25.9 Å². The van der Waals surface area contributed by atoms with Gasteiger partial charge in [-0.25, -0.2) is 0 Å². The molecule has 1 unspecified atom stereocenters. The number of hydrogen-bond donors (Lipinski definition) is 2. The van der Waals surface area contributed by atoms with Crippen molar-refractivity contribution in [2.75, 3.05) is 40.3 Å². The Hall–Kier alpha value is -0.610. The van der Waals surface area contributed by atoms with Crippen molar-refractivity contribution in [2.24, 2.45) is 5.41 Å². The lowest BCUT2D eigenvalue weighted by Gasteiger charge is -2.28. The summed E-state index contributed by atoms with van der Waals surface area (Å²) in [5.41, 5.74) is -0.178. The van der Waals surface area contributed by atoms with Gasteiger partial charge in [0.05, 0.1) is 5.41 Å². The quantitative estimate of drug-likeness (QED) is 0.651. The predicted molar refractivity (Wildman–Crippen MR) is 57.2 cm³/mol. The Morgan fingerprint density at radius 1 is 1.64 bits per heavy atom. The molecule has 82 valence electrons. The molecule has 0 spiro atoms. The molecule has 0 saturated carbocycles. The number of nitrogens with zero attached hydrogens (tertiary/aromatic N) is 1. The fourth-order valence-corrected chi connectivity index (χ4v) is 1.84. The lowest BCUT2D eigenvalue weighted by atomic mass is 9.88. The van der Waals surface area contributed by atoms with Gasteiger partial charge < -0.3 is 15.5 Å².